The van der Waals surface area contributed by atoms with Gasteiger partial charge in [-0.2, -0.15) is 22.0 Å². The van der Waals surface area contributed by atoms with Gasteiger partial charge in [-0.15, -0.1) is 0 Å². The third-order valence-corrected chi connectivity index (χ3v) is 1.06. The molecule has 0 atom stereocenters. The third kappa shape index (κ3) is 3.41. The fourth-order valence-electron chi connectivity index (χ4n) is 0.432. The largest absolute Gasteiger partial charge is 0.482 e. The topological polar surface area (TPSA) is 9.23 Å². The highest BCUT2D eigenvalue weighted by molar-refractivity contribution is 4.74. The van der Waals surface area contributed by atoms with Crippen molar-refractivity contribution in [2.75, 3.05) is 6.67 Å². The highest BCUT2D eigenvalue weighted by Gasteiger charge is 2.61. The van der Waals surface area contributed by atoms with Crippen LogP contribution in [-0.4, -0.2) is 24.6 Å². The van der Waals surface area contributed by atoms with Crippen LogP contribution in [0, 0.1) is 0 Å². The van der Waals surface area contributed by atoms with E-state index in [9.17, 15) is 26.3 Å². The number of hydrogen-bond donors (Lipinski definition) is 0. The molecule has 0 spiro atoms. The summed E-state index contributed by atoms with van der Waals surface area (Å²) in [5.41, 5.74) is -2.15. The van der Waals surface area contributed by atoms with Gasteiger partial charge in [0, 0.05) is 0 Å². The summed E-state index contributed by atoms with van der Waals surface area (Å²) in [6.45, 7) is 0.165. The van der Waals surface area contributed by atoms with E-state index < -0.39 is 24.6 Å². The lowest BCUT2D eigenvalue weighted by Crippen LogP contribution is -2.46. The second-order valence-corrected chi connectivity index (χ2v) is 3.01. The van der Waals surface area contributed by atoms with E-state index in [-0.39, 0.29) is 0 Å². The number of ether oxygens (including phenoxy) is 1. The van der Waals surface area contributed by atoms with E-state index >= 15 is 0 Å². The molecule has 0 aliphatic rings. The lowest BCUT2D eigenvalue weighted by atomic mass is 10.2. The van der Waals surface area contributed by atoms with Gasteiger partial charge in [-0.3, -0.25) is 0 Å². The van der Waals surface area contributed by atoms with Crippen LogP contribution in [0.5, 0.6) is 0 Å². The van der Waals surface area contributed by atoms with Gasteiger partial charge in [0.05, 0.1) is 5.60 Å². The van der Waals surface area contributed by atoms with E-state index in [2.05, 4.69) is 4.74 Å². The molecule has 0 unspecified atom stereocenters. The Hall–Kier alpha value is -0.460. The van der Waals surface area contributed by atoms with Gasteiger partial charge < -0.3 is 4.74 Å². The average molecular weight is 210 g/mol. The van der Waals surface area contributed by atoms with Gasteiger partial charge in [0.1, 0.15) is 6.67 Å². The van der Waals surface area contributed by atoms with Crippen LogP contribution in [0.15, 0.2) is 0 Å². The second-order valence-electron chi connectivity index (χ2n) is 3.01. The van der Waals surface area contributed by atoms with E-state index in [1.165, 1.54) is 0 Å². The van der Waals surface area contributed by atoms with Gasteiger partial charge in [0.2, 0.25) is 0 Å². The molecule has 0 aliphatic carbocycles. The molecule has 80 valence electrons. The molecular formula is C6H8F6O. The Labute approximate surface area is 70.7 Å². The van der Waals surface area contributed by atoms with Crippen molar-refractivity contribution < 1.29 is 31.1 Å². The van der Waals surface area contributed by atoms with Crippen molar-refractivity contribution in [2.45, 2.75) is 31.7 Å². The fraction of sp³-hybridized carbons (Fsp3) is 1.00. The molecule has 0 aromatic rings. The predicted octanol–water partition coefficient (Wildman–Crippen LogP) is 2.91. The Kier molecular flexibility index (Phi) is 3.24. The maximum absolute atomic E-state index is 12.1. The average Bonchev–Trinajstić information content (AvgIpc) is 1.83. The minimum absolute atomic E-state index is 0.798. The van der Waals surface area contributed by atoms with Crippen LogP contribution < -0.4 is 0 Å². The fourth-order valence-corrected chi connectivity index (χ4v) is 0.432. The normalized spacial score (nSPS) is 14.8. The maximum atomic E-state index is 12.1. The lowest BCUT2D eigenvalue weighted by molar-refractivity contribution is -0.414. The molecule has 1 nitrogen and oxygen atoms in total. The molecule has 0 radical (unpaired) electrons. The highest BCUT2D eigenvalue weighted by atomic mass is 19.4. The van der Waals surface area contributed by atoms with Crippen LogP contribution in [0.4, 0.5) is 26.3 Å². The van der Waals surface area contributed by atoms with Crippen molar-refractivity contribution in [2.24, 2.45) is 0 Å². The number of rotatable bonds is 3. The van der Waals surface area contributed by atoms with Crippen molar-refractivity contribution in [3.05, 3.63) is 0 Å². The standard InChI is InChI=1S/C6H8F6O/c1-4(2,3-7)13-6(11,12)5(8,9)10/h3H2,1-2H3. The first-order chi connectivity index (χ1) is 5.52. The van der Waals surface area contributed by atoms with E-state index in [0.717, 1.165) is 13.8 Å². The Morgan fingerprint density at radius 1 is 1.00 bits per heavy atom. The van der Waals surface area contributed by atoms with Gasteiger partial charge in [-0.25, -0.2) is 4.39 Å². The maximum Gasteiger partial charge on any atom is 0.482 e. The zero-order valence-electron chi connectivity index (χ0n) is 6.88. The van der Waals surface area contributed by atoms with Gasteiger partial charge in [-0.1, -0.05) is 0 Å². The summed E-state index contributed by atoms with van der Waals surface area (Å²) < 4.78 is 73.9. The van der Waals surface area contributed by atoms with Crippen LogP contribution in [0.2, 0.25) is 0 Å². The first-order valence-corrected chi connectivity index (χ1v) is 3.22. The van der Waals surface area contributed by atoms with Crippen LogP contribution in [0.3, 0.4) is 0 Å². The molecule has 0 saturated carbocycles. The minimum Gasteiger partial charge on any atom is -0.304 e. The minimum atomic E-state index is -5.82. The van der Waals surface area contributed by atoms with Gasteiger partial charge in [0.25, 0.3) is 0 Å². The summed E-state index contributed by atoms with van der Waals surface area (Å²) in [5, 5.41) is 0. The molecule has 0 aromatic heterocycles. The molecule has 0 rings (SSSR count). The molecule has 0 amide bonds. The third-order valence-electron chi connectivity index (χ3n) is 1.06. The summed E-state index contributed by atoms with van der Waals surface area (Å²) in [6.07, 6.45) is -11.1. The van der Waals surface area contributed by atoms with Crippen LogP contribution in [0.1, 0.15) is 13.8 Å². The SMILES string of the molecule is CC(C)(CF)OC(F)(F)C(F)(F)F. The van der Waals surface area contributed by atoms with E-state index in [1.807, 2.05) is 0 Å². The van der Waals surface area contributed by atoms with Crippen molar-refractivity contribution in [3.8, 4) is 0 Å². The van der Waals surface area contributed by atoms with E-state index in [0.29, 0.717) is 0 Å². The van der Waals surface area contributed by atoms with Crippen molar-refractivity contribution in [1.82, 2.24) is 0 Å². The summed E-state index contributed by atoms with van der Waals surface area (Å²) >= 11 is 0. The molecular weight excluding hydrogens is 202 g/mol. The number of halogens is 6. The van der Waals surface area contributed by atoms with Crippen LogP contribution in [0.25, 0.3) is 0 Å². The Bertz CT molecular complexity index is 172. The van der Waals surface area contributed by atoms with Crippen molar-refractivity contribution in [3.63, 3.8) is 0 Å². The van der Waals surface area contributed by atoms with Gasteiger partial charge >= 0.3 is 12.3 Å². The predicted molar refractivity (Wildman–Crippen MR) is 32.1 cm³/mol. The monoisotopic (exact) mass is 210 g/mol. The lowest BCUT2D eigenvalue weighted by Gasteiger charge is -2.28. The molecule has 0 fully saturated rings. The first-order valence-electron chi connectivity index (χ1n) is 3.22. The Morgan fingerprint density at radius 3 is 1.62 bits per heavy atom. The van der Waals surface area contributed by atoms with Gasteiger partial charge in [-0.05, 0) is 13.8 Å². The first kappa shape index (κ1) is 12.5. The molecule has 0 bridgehead atoms. The van der Waals surface area contributed by atoms with Crippen molar-refractivity contribution in [1.29, 1.82) is 0 Å². The summed E-state index contributed by atoms with van der Waals surface area (Å²) in [4.78, 5) is 0. The number of alkyl halides is 6. The van der Waals surface area contributed by atoms with Crippen LogP contribution >= 0.6 is 0 Å². The highest BCUT2D eigenvalue weighted by Crippen LogP contribution is 2.39. The van der Waals surface area contributed by atoms with Crippen molar-refractivity contribution >= 4 is 0 Å². The molecule has 0 N–H and O–H groups in total. The van der Waals surface area contributed by atoms with Crippen LogP contribution in [-0.2, 0) is 4.74 Å². The smallest absolute Gasteiger partial charge is 0.304 e. The summed E-state index contributed by atoms with van der Waals surface area (Å²) in [6, 6.07) is 0. The van der Waals surface area contributed by atoms with E-state index in [4.69, 9.17) is 0 Å². The Morgan fingerprint density at radius 2 is 1.38 bits per heavy atom. The van der Waals surface area contributed by atoms with Gasteiger partial charge in [0.15, 0.2) is 0 Å². The summed E-state index contributed by atoms with van der Waals surface area (Å²) in [5.74, 6) is 0. The molecule has 7 heteroatoms. The Balaban J connectivity index is 4.52. The zero-order chi connectivity index (χ0) is 10.9. The molecule has 13 heavy (non-hydrogen) atoms. The quantitative estimate of drug-likeness (QED) is 0.651. The van der Waals surface area contributed by atoms with E-state index in [1.54, 1.807) is 0 Å². The molecule has 0 aromatic carbocycles. The molecule has 0 aliphatic heterocycles. The zero-order valence-corrected chi connectivity index (χ0v) is 6.88. The summed E-state index contributed by atoms with van der Waals surface area (Å²) in [7, 11) is 0. The number of hydrogen-bond acceptors (Lipinski definition) is 1. The molecule has 0 saturated heterocycles. The second kappa shape index (κ2) is 3.36. The molecule has 0 heterocycles.